The first-order valence-electron chi connectivity index (χ1n) is 7.52. The molecule has 4 nitrogen and oxygen atoms in total. The standard InChI is InChI=1S/C15H18F3NO3S/c16-15(17,18)13-4-2-1-3-12(13)14-7-11(20)8-19(14)23(21,22)9-10-5-6-10/h1-4,10-11,14,20H,5-9H2/t11-,14+/m0/s1. The van der Waals surface area contributed by atoms with Gasteiger partial charge in [0, 0.05) is 6.54 Å². The molecule has 1 aliphatic carbocycles. The molecule has 0 radical (unpaired) electrons. The highest BCUT2D eigenvalue weighted by atomic mass is 32.2. The monoisotopic (exact) mass is 349 g/mol. The van der Waals surface area contributed by atoms with E-state index in [0.717, 1.165) is 23.2 Å². The highest BCUT2D eigenvalue weighted by Crippen LogP contribution is 2.42. The minimum absolute atomic E-state index is 0.0169. The van der Waals surface area contributed by atoms with Gasteiger partial charge in [-0.05, 0) is 36.8 Å². The fourth-order valence-corrected chi connectivity index (χ4v) is 5.21. The smallest absolute Gasteiger partial charge is 0.392 e. The van der Waals surface area contributed by atoms with Gasteiger partial charge in [-0.25, -0.2) is 8.42 Å². The lowest BCUT2D eigenvalue weighted by Gasteiger charge is -2.26. The van der Waals surface area contributed by atoms with Crippen LogP contribution >= 0.6 is 0 Å². The van der Waals surface area contributed by atoms with Crippen molar-refractivity contribution < 1.29 is 26.7 Å². The summed E-state index contributed by atoms with van der Waals surface area (Å²) >= 11 is 0. The molecule has 1 heterocycles. The Labute approximate surface area is 133 Å². The number of benzene rings is 1. The molecule has 8 heteroatoms. The first-order valence-corrected chi connectivity index (χ1v) is 9.13. The Hall–Kier alpha value is -1.12. The van der Waals surface area contributed by atoms with Gasteiger partial charge in [0.25, 0.3) is 0 Å². The lowest BCUT2D eigenvalue weighted by Crippen LogP contribution is -2.35. The molecule has 0 bridgehead atoms. The average Bonchev–Trinajstić information content (AvgIpc) is 3.15. The summed E-state index contributed by atoms with van der Waals surface area (Å²) in [5.41, 5.74) is -0.929. The van der Waals surface area contributed by atoms with Crippen LogP contribution < -0.4 is 0 Å². The Bertz CT molecular complexity index is 685. The van der Waals surface area contributed by atoms with Gasteiger partial charge in [0.05, 0.1) is 23.5 Å². The molecule has 0 unspecified atom stereocenters. The van der Waals surface area contributed by atoms with E-state index in [-0.39, 0.29) is 30.2 Å². The molecule has 23 heavy (non-hydrogen) atoms. The summed E-state index contributed by atoms with van der Waals surface area (Å²) in [5, 5.41) is 9.85. The number of hydrogen-bond acceptors (Lipinski definition) is 3. The second kappa shape index (κ2) is 5.75. The van der Waals surface area contributed by atoms with Crippen molar-refractivity contribution in [1.29, 1.82) is 0 Å². The van der Waals surface area contributed by atoms with Gasteiger partial charge in [-0.1, -0.05) is 18.2 Å². The van der Waals surface area contributed by atoms with Crippen LogP contribution in [0.5, 0.6) is 0 Å². The van der Waals surface area contributed by atoms with Gasteiger partial charge < -0.3 is 5.11 Å². The van der Waals surface area contributed by atoms with E-state index >= 15 is 0 Å². The van der Waals surface area contributed by atoms with E-state index in [0.29, 0.717) is 0 Å². The van der Waals surface area contributed by atoms with E-state index in [4.69, 9.17) is 0 Å². The number of aliphatic hydroxyl groups is 1. The number of nitrogens with zero attached hydrogens (tertiary/aromatic N) is 1. The SMILES string of the molecule is O=S(=O)(CC1CC1)N1C[C@@H](O)C[C@@H]1c1ccccc1C(F)(F)F. The van der Waals surface area contributed by atoms with Crippen molar-refractivity contribution in [3.63, 3.8) is 0 Å². The van der Waals surface area contributed by atoms with Crippen molar-refractivity contribution in [2.24, 2.45) is 5.92 Å². The van der Waals surface area contributed by atoms with Crippen LogP contribution in [0.25, 0.3) is 0 Å². The Morgan fingerprint density at radius 3 is 2.48 bits per heavy atom. The Morgan fingerprint density at radius 2 is 1.87 bits per heavy atom. The van der Waals surface area contributed by atoms with Crippen LogP contribution in [0.1, 0.15) is 36.4 Å². The Balaban J connectivity index is 1.97. The van der Waals surface area contributed by atoms with Crippen LogP contribution in [0.3, 0.4) is 0 Å². The number of rotatable bonds is 4. The molecule has 128 valence electrons. The van der Waals surface area contributed by atoms with Gasteiger partial charge >= 0.3 is 6.18 Å². The molecule has 0 aromatic heterocycles. The lowest BCUT2D eigenvalue weighted by molar-refractivity contribution is -0.138. The van der Waals surface area contributed by atoms with E-state index in [9.17, 15) is 26.7 Å². The minimum Gasteiger partial charge on any atom is -0.392 e. The third-order valence-electron chi connectivity index (χ3n) is 4.36. The normalized spacial score (nSPS) is 26.6. The van der Waals surface area contributed by atoms with Gasteiger partial charge in [-0.15, -0.1) is 0 Å². The summed E-state index contributed by atoms with van der Waals surface area (Å²) in [4.78, 5) is 0. The van der Waals surface area contributed by atoms with Crippen LogP contribution in [0, 0.1) is 5.92 Å². The fourth-order valence-electron chi connectivity index (χ4n) is 3.10. The number of halogens is 3. The third kappa shape index (κ3) is 3.54. The molecule has 1 aromatic carbocycles. The number of sulfonamides is 1. The van der Waals surface area contributed by atoms with Gasteiger partial charge in [0.1, 0.15) is 0 Å². The van der Waals surface area contributed by atoms with Crippen molar-refractivity contribution in [3.8, 4) is 0 Å². The number of aliphatic hydroxyl groups excluding tert-OH is 1. The van der Waals surface area contributed by atoms with Crippen LogP contribution in [0.2, 0.25) is 0 Å². The van der Waals surface area contributed by atoms with E-state index in [1.807, 2.05) is 0 Å². The summed E-state index contributed by atoms with van der Waals surface area (Å²) in [6, 6.07) is 4.02. The Morgan fingerprint density at radius 1 is 1.22 bits per heavy atom. The molecule has 1 saturated heterocycles. The van der Waals surface area contributed by atoms with Crippen LogP contribution in [-0.2, 0) is 16.2 Å². The van der Waals surface area contributed by atoms with Crippen LogP contribution in [0.4, 0.5) is 13.2 Å². The molecule has 1 saturated carbocycles. The van der Waals surface area contributed by atoms with Crippen molar-refractivity contribution in [2.45, 2.75) is 37.6 Å². The highest BCUT2D eigenvalue weighted by molar-refractivity contribution is 7.89. The molecule has 2 atom stereocenters. The summed E-state index contributed by atoms with van der Waals surface area (Å²) in [6.45, 7) is -0.147. The third-order valence-corrected chi connectivity index (χ3v) is 6.37. The van der Waals surface area contributed by atoms with Crippen LogP contribution in [-0.4, -0.2) is 36.2 Å². The van der Waals surface area contributed by atoms with E-state index in [2.05, 4.69) is 0 Å². The van der Waals surface area contributed by atoms with E-state index < -0.39 is 33.9 Å². The predicted octanol–water partition coefficient (Wildman–Crippen LogP) is 2.55. The van der Waals surface area contributed by atoms with Gasteiger partial charge in [0.15, 0.2) is 0 Å². The molecule has 1 N–H and O–H groups in total. The maximum Gasteiger partial charge on any atom is 0.416 e. The molecule has 0 amide bonds. The van der Waals surface area contributed by atoms with Crippen molar-refractivity contribution >= 4 is 10.0 Å². The molecule has 2 aliphatic rings. The summed E-state index contributed by atoms with van der Waals surface area (Å²) in [7, 11) is -3.68. The molecule has 0 spiro atoms. The maximum absolute atomic E-state index is 13.2. The van der Waals surface area contributed by atoms with Crippen molar-refractivity contribution in [2.75, 3.05) is 12.3 Å². The average molecular weight is 349 g/mol. The first kappa shape index (κ1) is 16.7. The zero-order valence-corrected chi connectivity index (χ0v) is 13.1. The zero-order valence-electron chi connectivity index (χ0n) is 12.3. The second-order valence-electron chi connectivity index (χ2n) is 6.28. The minimum atomic E-state index is -4.56. The highest BCUT2D eigenvalue weighted by Gasteiger charge is 2.45. The first-order chi connectivity index (χ1) is 10.7. The van der Waals surface area contributed by atoms with Crippen molar-refractivity contribution in [3.05, 3.63) is 35.4 Å². The van der Waals surface area contributed by atoms with E-state index in [1.165, 1.54) is 18.2 Å². The molecule has 1 aliphatic heterocycles. The molecule has 1 aromatic rings. The number of alkyl halides is 3. The second-order valence-corrected chi connectivity index (χ2v) is 8.25. The zero-order chi connectivity index (χ0) is 16.8. The summed E-state index contributed by atoms with van der Waals surface area (Å²) < 4.78 is 65.7. The Kier molecular flexibility index (Phi) is 4.18. The predicted molar refractivity (Wildman–Crippen MR) is 78.0 cm³/mol. The fraction of sp³-hybridized carbons (Fsp3) is 0.600. The quantitative estimate of drug-likeness (QED) is 0.909. The lowest BCUT2D eigenvalue weighted by atomic mass is 9.98. The number of hydrogen-bond donors (Lipinski definition) is 1. The molecule has 3 rings (SSSR count). The van der Waals surface area contributed by atoms with Gasteiger partial charge in [-0.3, -0.25) is 0 Å². The summed E-state index contributed by atoms with van der Waals surface area (Å²) in [5.74, 6) is 0.0426. The summed E-state index contributed by atoms with van der Waals surface area (Å²) in [6.07, 6.45) is -3.86. The number of β-amino-alcohol motifs (C(OH)–C–C–N with tert-alkyl or cyclic N) is 1. The van der Waals surface area contributed by atoms with E-state index in [1.54, 1.807) is 0 Å². The topological polar surface area (TPSA) is 57.6 Å². The maximum atomic E-state index is 13.2. The molecule has 2 fully saturated rings. The molecular formula is C15H18F3NO3S. The van der Waals surface area contributed by atoms with Gasteiger partial charge in [-0.2, -0.15) is 17.5 Å². The van der Waals surface area contributed by atoms with Crippen LogP contribution in [0.15, 0.2) is 24.3 Å². The van der Waals surface area contributed by atoms with Gasteiger partial charge in [0.2, 0.25) is 10.0 Å². The largest absolute Gasteiger partial charge is 0.416 e. The molecular weight excluding hydrogens is 331 g/mol. The van der Waals surface area contributed by atoms with Crippen molar-refractivity contribution in [1.82, 2.24) is 4.31 Å².